The molecule has 3 N–H and O–H groups in total. The van der Waals surface area contributed by atoms with Crippen molar-refractivity contribution in [3.8, 4) is 0 Å². The zero-order chi connectivity index (χ0) is 18.4. The Balaban J connectivity index is 2.10. The summed E-state index contributed by atoms with van der Waals surface area (Å²) in [5, 5.41) is 15.8. The first-order chi connectivity index (χ1) is 11.9. The molecule has 2 aromatic carbocycles. The van der Waals surface area contributed by atoms with Crippen molar-refractivity contribution >= 4 is 17.3 Å². The zero-order valence-electron chi connectivity index (χ0n) is 14.7. The van der Waals surface area contributed by atoms with Crippen molar-refractivity contribution in [1.82, 2.24) is 0 Å². The van der Waals surface area contributed by atoms with Crippen LogP contribution in [-0.2, 0) is 4.79 Å². The number of benzene rings is 2. The van der Waals surface area contributed by atoms with Crippen LogP contribution in [0.15, 0.2) is 54.6 Å². The SMILES string of the molecule is CC(C)[C@@H]([NH2+][C@H](C)C(=O)Nc1ccccc1[N+](=O)[O-])c1ccccc1. The van der Waals surface area contributed by atoms with Crippen molar-refractivity contribution in [3.63, 3.8) is 0 Å². The van der Waals surface area contributed by atoms with E-state index in [0.717, 1.165) is 5.56 Å². The van der Waals surface area contributed by atoms with Crippen LogP contribution < -0.4 is 10.6 Å². The minimum absolute atomic E-state index is 0.105. The molecule has 0 spiro atoms. The van der Waals surface area contributed by atoms with Crippen LogP contribution in [0.4, 0.5) is 11.4 Å². The molecule has 0 saturated heterocycles. The predicted molar refractivity (Wildman–Crippen MR) is 97.1 cm³/mol. The molecule has 0 aliphatic rings. The molecule has 0 aliphatic carbocycles. The molecule has 1 amide bonds. The first-order valence-corrected chi connectivity index (χ1v) is 8.34. The number of nitro benzene ring substituents is 1. The molecule has 0 aromatic heterocycles. The fraction of sp³-hybridized carbons (Fsp3) is 0.316. The largest absolute Gasteiger partial charge is 0.330 e. The molecule has 6 nitrogen and oxygen atoms in total. The molecule has 2 atom stereocenters. The van der Waals surface area contributed by atoms with Crippen molar-refractivity contribution in [2.45, 2.75) is 32.9 Å². The van der Waals surface area contributed by atoms with E-state index in [9.17, 15) is 14.9 Å². The number of rotatable bonds is 7. The second-order valence-corrected chi connectivity index (χ2v) is 6.43. The number of anilines is 1. The normalized spacial score (nSPS) is 13.3. The van der Waals surface area contributed by atoms with Gasteiger partial charge in [-0.25, -0.2) is 0 Å². The molecular formula is C19H24N3O3+. The summed E-state index contributed by atoms with van der Waals surface area (Å²) in [7, 11) is 0. The highest BCUT2D eigenvalue weighted by atomic mass is 16.6. The van der Waals surface area contributed by atoms with Crippen LogP contribution in [0.2, 0.25) is 0 Å². The van der Waals surface area contributed by atoms with Crippen molar-refractivity contribution in [2.75, 3.05) is 5.32 Å². The number of carbonyl (C=O) groups excluding carboxylic acids is 1. The summed E-state index contributed by atoms with van der Waals surface area (Å²) in [6.45, 7) is 6.03. The number of amides is 1. The first kappa shape index (κ1) is 18.6. The molecule has 0 radical (unpaired) electrons. The van der Waals surface area contributed by atoms with Gasteiger partial charge >= 0.3 is 0 Å². The summed E-state index contributed by atoms with van der Waals surface area (Å²) >= 11 is 0. The molecular weight excluding hydrogens is 318 g/mol. The Morgan fingerprint density at radius 3 is 2.24 bits per heavy atom. The zero-order valence-corrected chi connectivity index (χ0v) is 14.7. The monoisotopic (exact) mass is 342 g/mol. The third kappa shape index (κ3) is 4.87. The van der Waals surface area contributed by atoms with Crippen LogP contribution in [0.25, 0.3) is 0 Å². The molecule has 132 valence electrons. The fourth-order valence-corrected chi connectivity index (χ4v) is 2.78. The number of hydrogen-bond acceptors (Lipinski definition) is 3. The highest BCUT2D eigenvalue weighted by Gasteiger charge is 2.27. The minimum Gasteiger partial charge on any atom is -0.330 e. The van der Waals surface area contributed by atoms with E-state index in [1.807, 2.05) is 42.6 Å². The quantitative estimate of drug-likeness (QED) is 0.599. The van der Waals surface area contributed by atoms with E-state index in [-0.39, 0.29) is 29.4 Å². The van der Waals surface area contributed by atoms with Gasteiger partial charge in [-0.15, -0.1) is 0 Å². The molecule has 0 saturated carbocycles. The lowest BCUT2D eigenvalue weighted by atomic mass is 9.95. The number of nitrogens with zero attached hydrogens (tertiary/aromatic N) is 1. The average molecular weight is 342 g/mol. The summed E-state index contributed by atoms with van der Waals surface area (Å²) in [6, 6.07) is 15.9. The molecule has 2 aromatic rings. The van der Waals surface area contributed by atoms with Gasteiger partial charge in [0.2, 0.25) is 0 Å². The minimum atomic E-state index is -0.495. The van der Waals surface area contributed by atoms with Crippen molar-refractivity contribution in [2.24, 2.45) is 5.92 Å². The summed E-state index contributed by atoms with van der Waals surface area (Å²) in [5.74, 6) is 0.0830. The van der Waals surface area contributed by atoms with E-state index in [1.165, 1.54) is 6.07 Å². The Bertz CT molecular complexity index is 732. The molecule has 6 heteroatoms. The van der Waals surface area contributed by atoms with Gasteiger partial charge in [-0.3, -0.25) is 14.9 Å². The van der Waals surface area contributed by atoms with Crippen LogP contribution in [0.1, 0.15) is 32.4 Å². The van der Waals surface area contributed by atoms with Crippen molar-refractivity contribution in [3.05, 3.63) is 70.3 Å². The summed E-state index contributed by atoms with van der Waals surface area (Å²) in [4.78, 5) is 23.1. The smallest absolute Gasteiger partial charge is 0.292 e. The number of para-hydroxylation sites is 2. The molecule has 25 heavy (non-hydrogen) atoms. The summed E-state index contributed by atoms with van der Waals surface area (Å²) < 4.78 is 0. The van der Waals surface area contributed by atoms with Gasteiger partial charge in [0.05, 0.1) is 4.92 Å². The van der Waals surface area contributed by atoms with E-state index >= 15 is 0 Å². The van der Waals surface area contributed by atoms with Gasteiger partial charge in [0, 0.05) is 17.5 Å². The molecule has 0 heterocycles. The van der Waals surface area contributed by atoms with Crippen molar-refractivity contribution < 1.29 is 15.0 Å². The van der Waals surface area contributed by atoms with Gasteiger partial charge in [-0.05, 0) is 13.0 Å². The number of nitro groups is 1. The maximum absolute atomic E-state index is 12.5. The van der Waals surface area contributed by atoms with Crippen LogP contribution >= 0.6 is 0 Å². The Hall–Kier alpha value is -2.73. The molecule has 0 fully saturated rings. The predicted octanol–water partition coefficient (Wildman–Crippen LogP) is 2.88. The average Bonchev–Trinajstić information content (AvgIpc) is 2.60. The van der Waals surface area contributed by atoms with Gasteiger partial charge in [0.25, 0.3) is 11.6 Å². The lowest BCUT2D eigenvalue weighted by Crippen LogP contribution is -2.93. The van der Waals surface area contributed by atoms with E-state index in [4.69, 9.17) is 0 Å². The Labute approximate surface area is 147 Å². The molecule has 2 rings (SSSR count). The Kier molecular flexibility index (Phi) is 6.25. The van der Waals surface area contributed by atoms with Crippen LogP contribution in [-0.4, -0.2) is 16.9 Å². The first-order valence-electron chi connectivity index (χ1n) is 8.34. The van der Waals surface area contributed by atoms with Crippen LogP contribution in [0.5, 0.6) is 0 Å². The fourth-order valence-electron chi connectivity index (χ4n) is 2.78. The van der Waals surface area contributed by atoms with Gasteiger partial charge in [0.1, 0.15) is 11.7 Å². The number of nitrogens with one attached hydrogen (secondary N) is 1. The molecule has 0 unspecified atom stereocenters. The Morgan fingerprint density at radius 1 is 1.04 bits per heavy atom. The number of nitrogens with two attached hydrogens (primary N) is 1. The maximum Gasteiger partial charge on any atom is 0.292 e. The lowest BCUT2D eigenvalue weighted by molar-refractivity contribution is -0.718. The number of quaternary nitrogens is 1. The van der Waals surface area contributed by atoms with Crippen LogP contribution in [0, 0.1) is 16.0 Å². The summed E-state index contributed by atoms with van der Waals surface area (Å²) in [6.07, 6.45) is 0. The van der Waals surface area contributed by atoms with E-state index < -0.39 is 4.92 Å². The van der Waals surface area contributed by atoms with Crippen LogP contribution in [0.3, 0.4) is 0 Å². The second kappa shape index (κ2) is 8.39. The highest BCUT2D eigenvalue weighted by Crippen LogP contribution is 2.23. The van der Waals surface area contributed by atoms with Gasteiger partial charge in [0.15, 0.2) is 6.04 Å². The standard InChI is InChI=1S/C19H23N3O3/c1-13(2)18(15-9-5-4-6-10-15)20-14(3)19(23)21-16-11-7-8-12-17(16)22(24)25/h4-14,18,20H,1-3H3,(H,21,23)/p+1/t14-,18-/m1/s1. The number of carbonyl (C=O) groups is 1. The molecule has 0 bridgehead atoms. The van der Waals surface area contributed by atoms with Gasteiger partial charge < -0.3 is 10.6 Å². The van der Waals surface area contributed by atoms with Crippen molar-refractivity contribution in [1.29, 1.82) is 0 Å². The third-order valence-corrected chi connectivity index (χ3v) is 4.17. The highest BCUT2D eigenvalue weighted by molar-refractivity contribution is 5.95. The Morgan fingerprint density at radius 2 is 1.64 bits per heavy atom. The van der Waals surface area contributed by atoms with E-state index in [1.54, 1.807) is 18.2 Å². The molecule has 0 aliphatic heterocycles. The topological polar surface area (TPSA) is 88.8 Å². The second-order valence-electron chi connectivity index (χ2n) is 6.43. The number of hydrogen-bond donors (Lipinski definition) is 2. The maximum atomic E-state index is 12.5. The van der Waals surface area contributed by atoms with Gasteiger partial charge in [-0.1, -0.05) is 56.3 Å². The third-order valence-electron chi connectivity index (χ3n) is 4.17. The van der Waals surface area contributed by atoms with E-state index in [0.29, 0.717) is 5.92 Å². The summed E-state index contributed by atoms with van der Waals surface area (Å²) in [5.41, 5.74) is 1.27. The van der Waals surface area contributed by atoms with E-state index in [2.05, 4.69) is 19.2 Å². The van der Waals surface area contributed by atoms with Gasteiger partial charge in [-0.2, -0.15) is 0 Å². The lowest BCUT2D eigenvalue weighted by Gasteiger charge is -2.23.